The number of likely N-dealkylation sites (N-methyl/N-ethyl adjacent to an activating group) is 1. The van der Waals surface area contributed by atoms with Crippen molar-refractivity contribution in [1.82, 2.24) is 10.6 Å². The Kier molecular flexibility index (Phi) is 6.34. The number of hydrogen-bond acceptors (Lipinski definition) is 4. The van der Waals surface area contributed by atoms with E-state index in [0.29, 0.717) is 12.8 Å². The summed E-state index contributed by atoms with van der Waals surface area (Å²) in [6, 6.07) is 15.4. The Balaban J connectivity index is 1.77. The van der Waals surface area contributed by atoms with E-state index < -0.39 is 22.9 Å². The molecule has 0 atom stereocenters. The number of benzene rings is 2. The van der Waals surface area contributed by atoms with Crippen LogP contribution in [0.15, 0.2) is 54.6 Å². The van der Waals surface area contributed by atoms with Crippen LogP contribution < -0.4 is 15.5 Å². The molecular weight excluding hydrogens is 394 g/mol. The van der Waals surface area contributed by atoms with E-state index in [1.54, 1.807) is 33.0 Å². The Morgan fingerprint density at radius 2 is 1.55 bits per heavy atom. The normalized spacial score (nSPS) is 15.2. The highest BCUT2D eigenvalue weighted by Gasteiger charge is 2.46. The summed E-state index contributed by atoms with van der Waals surface area (Å²) in [5.41, 5.74) is -1.47. The molecule has 1 aliphatic rings. The molecule has 0 heterocycles. The van der Waals surface area contributed by atoms with Gasteiger partial charge in [0.2, 0.25) is 5.91 Å². The Morgan fingerprint density at radius 3 is 2.16 bits per heavy atom. The van der Waals surface area contributed by atoms with Gasteiger partial charge in [-0.15, -0.1) is 0 Å². The topological polar surface area (TPSA) is 98.7 Å². The minimum Gasteiger partial charge on any atom is -0.507 e. The van der Waals surface area contributed by atoms with Gasteiger partial charge in [-0.05, 0) is 51.0 Å². The lowest BCUT2D eigenvalue weighted by atomic mass is 9.92. The Hall–Kier alpha value is -3.35. The van der Waals surface area contributed by atoms with Crippen LogP contribution in [0.4, 0.5) is 5.69 Å². The number of phenols is 1. The molecule has 31 heavy (non-hydrogen) atoms. The fraction of sp³-hybridized carbons (Fsp3) is 0.375. The lowest BCUT2D eigenvalue weighted by Crippen LogP contribution is -2.64. The third kappa shape index (κ3) is 4.71. The van der Waals surface area contributed by atoms with Gasteiger partial charge >= 0.3 is 0 Å². The Labute approximate surface area is 182 Å². The standard InChI is InChI=1S/C24H29N3O4/c1-23(2,22(31)27(3)17-11-5-4-6-12-17)26-21(30)24(15-9-10-16-24)25-20(29)18-13-7-8-14-19(18)28/h4-8,11-14,28H,9-10,15-16H2,1-3H3,(H,25,29)(H,26,30). The van der Waals surface area contributed by atoms with Gasteiger partial charge in [-0.3, -0.25) is 14.4 Å². The van der Waals surface area contributed by atoms with Crippen LogP contribution >= 0.6 is 0 Å². The zero-order valence-electron chi connectivity index (χ0n) is 18.1. The Morgan fingerprint density at radius 1 is 0.968 bits per heavy atom. The number of aromatic hydroxyl groups is 1. The van der Waals surface area contributed by atoms with E-state index in [0.717, 1.165) is 18.5 Å². The lowest BCUT2D eigenvalue weighted by Gasteiger charge is -2.35. The highest BCUT2D eigenvalue weighted by atomic mass is 16.3. The highest BCUT2D eigenvalue weighted by molar-refractivity contribution is 6.04. The van der Waals surface area contributed by atoms with Crippen LogP contribution in [0.5, 0.6) is 5.75 Å². The molecule has 1 saturated carbocycles. The fourth-order valence-corrected chi connectivity index (χ4v) is 3.98. The first-order chi connectivity index (χ1) is 14.7. The minimum absolute atomic E-state index is 0.112. The third-order valence-electron chi connectivity index (χ3n) is 5.80. The summed E-state index contributed by atoms with van der Waals surface area (Å²) in [4.78, 5) is 40.7. The van der Waals surface area contributed by atoms with Crippen molar-refractivity contribution in [3.05, 3.63) is 60.2 Å². The van der Waals surface area contributed by atoms with Crippen LogP contribution in [-0.2, 0) is 9.59 Å². The molecule has 164 valence electrons. The van der Waals surface area contributed by atoms with Crippen molar-refractivity contribution in [2.24, 2.45) is 0 Å². The van der Waals surface area contributed by atoms with Gasteiger partial charge in [0, 0.05) is 12.7 Å². The van der Waals surface area contributed by atoms with Crippen LogP contribution in [-0.4, -0.2) is 41.0 Å². The molecule has 1 fully saturated rings. The molecule has 0 aromatic heterocycles. The van der Waals surface area contributed by atoms with Gasteiger partial charge in [0.15, 0.2) is 0 Å². The third-order valence-corrected chi connectivity index (χ3v) is 5.80. The van der Waals surface area contributed by atoms with Crippen molar-refractivity contribution in [1.29, 1.82) is 0 Å². The fourth-order valence-electron chi connectivity index (χ4n) is 3.98. The van der Waals surface area contributed by atoms with Crippen LogP contribution in [0, 0.1) is 0 Å². The number of amides is 3. The number of anilines is 1. The van der Waals surface area contributed by atoms with Crippen LogP contribution in [0.25, 0.3) is 0 Å². The van der Waals surface area contributed by atoms with E-state index in [1.165, 1.54) is 17.0 Å². The van der Waals surface area contributed by atoms with E-state index in [2.05, 4.69) is 10.6 Å². The van der Waals surface area contributed by atoms with Crippen molar-refractivity contribution < 1.29 is 19.5 Å². The van der Waals surface area contributed by atoms with Crippen molar-refractivity contribution in [2.45, 2.75) is 50.6 Å². The smallest absolute Gasteiger partial charge is 0.255 e. The summed E-state index contributed by atoms with van der Waals surface area (Å²) < 4.78 is 0. The number of carbonyl (C=O) groups excluding carboxylic acids is 3. The van der Waals surface area contributed by atoms with Gasteiger partial charge in [-0.25, -0.2) is 0 Å². The number of nitrogens with one attached hydrogen (secondary N) is 2. The first-order valence-electron chi connectivity index (χ1n) is 10.4. The highest BCUT2D eigenvalue weighted by Crippen LogP contribution is 2.32. The van der Waals surface area contributed by atoms with E-state index >= 15 is 0 Å². The van der Waals surface area contributed by atoms with Crippen molar-refractivity contribution >= 4 is 23.4 Å². The molecule has 0 radical (unpaired) electrons. The predicted octanol–water partition coefficient (Wildman–Crippen LogP) is 2.99. The van der Waals surface area contributed by atoms with E-state index in [4.69, 9.17) is 0 Å². The molecular formula is C24H29N3O4. The van der Waals surface area contributed by atoms with Gasteiger partial charge < -0.3 is 20.6 Å². The van der Waals surface area contributed by atoms with E-state index in [-0.39, 0.29) is 17.2 Å². The van der Waals surface area contributed by atoms with Crippen LogP contribution in [0.3, 0.4) is 0 Å². The predicted molar refractivity (Wildman–Crippen MR) is 119 cm³/mol. The number of carbonyl (C=O) groups is 3. The first kappa shape index (κ1) is 22.3. The van der Waals surface area contributed by atoms with Gasteiger partial charge in [-0.1, -0.05) is 43.2 Å². The maximum Gasteiger partial charge on any atom is 0.255 e. The molecule has 7 heteroatoms. The molecule has 0 unspecified atom stereocenters. The van der Waals surface area contributed by atoms with Crippen LogP contribution in [0.2, 0.25) is 0 Å². The SMILES string of the molecule is CN(C(=O)C(C)(C)NC(=O)C1(NC(=O)c2ccccc2O)CCCC1)c1ccccc1. The van der Waals surface area contributed by atoms with E-state index in [9.17, 15) is 19.5 Å². The number of nitrogens with zero attached hydrogens (tertiary/aromatic N) is 1. The van der Waals surface area contributed by atoms with E-state index in [1.807, 2.05) is 30.3 Å². The number of phenolic OH excluding ortho intramolecular Hbond substituents is 1. The zero-order valence-corrected chi connectivity index (χ0v) is 18.1. The summed E-state index contributed by atoms with van der Waals surface area (Å²) >= 11 is 0. The van der Waals surface area contributed by atoms with Gasteiger partial charge in [-0.2, -0.15) is 0 Å². The molecule has 3 rings (SSSR count). The maximum absolute atomic E-state index is 13.3. The average Bonchev–Trinajstić information content (AvgIpc) is 3.23. The summed E-state index contributed by atoms with van der Waals surface area (Å²) in [6.07, 6.45) is 2.51. The van der Waals surface area contributed by atoms with Crippen LogP contribution in [0.1, 0.15) is 49.9 Å². The molecule has 2 aromatic carbocycles. The second-order valence-electron chi connectivity index (χ2n) is 8.54. The molecule has 0 saturated heterocycles. The molecule has 0 aliphatic heterocycles. The Bertz CT molecular complexity index is 966. The van der Waals surface area contributed by atoms with Crippen molar-refractivity contribution in [3.8, 4) is 5.75 Å². The summed E-state index contributed by atoms with van der Waals surface area (Å²) in [6.45, 7) is 3.31. The first-order valence-corrected chi connectivity index (χ1v) is 10.4. The molecule has 3 N–H and O–H groups in total. The van der Waals surface area contributed by atoms with Gasteiger partial charge in [0.1, 0.15) is 16.8 Å². The minimum atomic E-state index is -1.18. The number of hydrogen-bond donors (Lipinski definition) is 3. The van der Waals surface area contributed by atoms with Gasteiger partial charge in [0.25, 0.3) is 11.8 Å². The maximum atomic E-state index is 13.3. The summed E-state index contributed by atoms with van der Waals surface area (Å²) in [7, 11) is 1.66. The summed E-state index contributed by atoms with van der Waals surface area (Å²) in [5.74, 6) is -1.32. The van der Waals surface area contributed by atoms with Crippen molar-refractivity contribution in [3.63, 3.8) is 0 Å². The molecule has 0 spiro atoms. The quantitative estimate of drug-likeness (QED) is 0.665. The average molecular weight is 424 g/mol. The molecule has 1 aliphatic carbocycles. The number of para-hydroxylation sites is 2. The molecule has 7 nitrogen and oxygen atoms in total. The largest absolute Gasteiger partial charge is 0.507 e. The van der Waals surface area contributed by atoms with Gasteiger partial charge in [0.05, 0.1) is 5.56 Å². The summed E-state index contributed by atoms with van der Waals surface area (Å²) in [5, 5.41) is 15.7. The molecule has 2 aromatic rings. The number of rotatable bonds is 6. The molecule has 0 bridgehead atoms. The monoisotopic (exact) mass is 423 g/mol. The lowest BCUT2D eigenvalue weighted by molar-refractivity contribution is -0.134. The van der Waals surface area contributed by atoms with Crippen molar-refractivity contribution in [2.75, 3.05) is 11.9 Å². The zero-order chi connectivity index (χ0) is 22.6. The second-order valence-corrected chi connectivity index (χ2v) is 8.54. The molecule has 3 amide bonds. The second kappa shape index (κ2) is 8.79.